The van der Waals surface area contributed by atoms with Gasteiger partial charge in [-0.25, -0.2) is 17.5 Å². The zero-order chi connectivity index (χ0) is 15.5. The highest BCUT2D eigenvalue weighted by atomic mass is 32.2. The summed E-state index contributed by atoms with van der Waals surface area (Å²) in [5, 5.41) is 3.04. The van der Waals surface area contributed by atoms with E-state index >= 15 is 0 Å². The Morgan fingerprint density at radius 1 is 1.19 bits per heavy atom. The molecule has 0 bridgehead atoms. The first-order chi connectivity index (χ1) is 9.91. The van der Waals surface area contributed by atoms with Crippen LogP contribution in [0.25, 0.3) is 0 Å². The maximum absolute atomic E-state index is 12.4. The van der Waals surface area contributed by atoms with Crippen LogP contribution in [-0.4, -0.2) is 61.6 Å². The molecule has 6 nitrogen and oxygen atoms in total. The van der Waals surface area contributed by atoms with Gasteiger partial charge in [-0.15, -0.1) is 0 Å². The number of amides is 2. The number of likely N-dealkylation sites (tertiary alicyclic amines) is 1. The summed E-state index contributed by atoms with van der Waals surface area (Å²) in [5.41, 5.74) is 0. The van der Waals surface area contributed by atoms with Crippen molar-refractivity contribution in [2.75, 3.05) is 25.9 Å². The van der Waals surface area contributed by atoms with Crippen molar-refractivity contribution in [3.8, 4) is 0 Å². The molecule has 0 aromatic carbocycles. The van der Waals surface area contributed by atoms with E-state index in [4.69, 9.17) is 0 Å². The number of urea groups is 1. The number of rotatable bonds is 3. The number of sulfonamides is 1. The molecule has 0 aromatic rings. The number of hydrogen-bond donors (Lipinski definition) is 1. The highest BCUT2D eigenvalue weighted by Crippen LogP contribution is 2.20. The molecule has 7 heteroatoms. The van der Waals surface area contributed by atoms with E-state index in [1.807, 2.05) is 4.90 Å². The van der Waals surface area contributed by atoms with Gasteiger partial charge in [0.15, 0.2) is 0 Å². The summed E-state index contributed by atoms with van der Waals surface area (Å²) in [6.45, 7) is 3.89. The van der Waals surface area contributed by atoms with Crippen molar-refractivity contribution in [3.63, 3.8) is 0 Å². The highest BCUT2D eigenvalue weighted by Gasteiger charge is 2.30. The third-order valence-electron chi connectivity index (χ3n) is 4.54. The number of piperidine rings is 2. The SMILES string of the molecule is CCC1CCCCN1C(=O)NC1CCCN(S(C)(=O)=O)C1. The van der Waals surface area contributed by atoms with Crippen molar-refractivity contribution < 1.29 is 13.2 Å². The molecule has 2 rings (SSSR count). The van der Waals surface area contributed by atoms with E-state index in [1.54, 1.807) is 0 Å². The van der Waals surface area contributed by atoms with Crippen LogP contribution >= 0.6 is 0 Å². The van der Waals surface area contributed by atoms with Crippen LogP contribution in [0, 0.1) is 0 Å². The predicted octanol–water partition coefficient (Wildman–Crippen LogP) is 1.38. The van der Waals surface area contributed by atoms with Gasteiger partial charge in [0.1, 0.15) is 0 Å². The summed E-state index contributed by atoms with van der Waals surface area (Å²) < 4.78 is 24.7. The maximum atomic E-state index is 12.4. The molecule has 122 valence electrons. The van der Waals surface area contributed by atoms with Crippen LogP contribution in [0.2, 0.25) is 0 Å². The Balaban J connectivity index is 1.92. The first kappa shape index (κ1) is 16.5. The van der Waals surface area contributed by atoms with Gasteiger partial charge in [-0.05, 0) is 38.5 Å². The number of carbonyl (C=O) groups excluding carboxylic acids is 1. The van der Waals surface area contributed by atoms with Crippen LogP contribution in [-0.2, 0) is 10.0 Å². The predicted molar refractivity (Wildman–Crippen MR) is 82.6 cm³/mol. The van der Waals surface area contributed by atoms with E-state index in [0.717, 1.165) is 38.6 Å². The lowest BCUT2D eigenvalue weighted by atomic mass is 10.0. The second-order valence-corrected chi connectivity index (χ2v) is 8.14. The molecular weight excluding hydrogens is 290 g/mol. The lowest BCUT2D eigenvalue weighted by Gasteiger charge is -2.38. The van der Waals surface area contributed by atoms with Gasteiger partial charge >= 0.3 is 6.03 Å². The molecule has 21 heavy (non-hydrogen) atoms. The minimum absolute atomic E-state index is 0.0260. The summed E-state index contributed by atoms with van der Waals surface area (Å²) in [4.78, 5) is 14.4. The molecule has 2 fully saturated rings. The van der Waals surface area contributed by atoms with Gasteiger partial charge in [0, 0.05) is 31.7 Å². The molecule has 0 radical (unpaired) electrons. The second-order valence-electron chi connectivity index (χ2n) is 6.16. The van der Waals surface area contributed by atoms with Gasteiger partial charge in [0.2, 0.25) is 10.0 Å². The molecule has 2 aliphatic heterocycles. The van der Waals surface area contributed by atoms with Gasteiger partial charge in [-0.3, -0.25) is 0 Å². The summed E-state index contributed by atoms with van der Waals surface area (Å²) in [5.74, 6) is 0. The zero-order valence-electron chi connectivity index (χ0n) is 13.0. The van der Waals surface area contributed by atoms with Crippen LogP contribution in [0.3, 0.4) is 0 Å². The minimum atomic E-state index is -3.17. The summed E-state index contributed by atoms with van der Waals surface area (Å²) in [6.07, 6.45) is 7.18. The smallest absolute Gasteiger partial charge is 0.317 e. The summed E-state index contributed by atoms with van der Waals surface area (Å²) in [7, 11) is -3.17. The number of nitrogens with zero attached hydrogens (tertiary/aromatic N) is 2. The molecule has 2 aliphatic rings. The second kappa shape index (κ2) is 6.96. The third kappa shape index (κ3) is 4.32. The largest absolute Gasteiger partial charge is 0.334 e. The average Bonchev–Trinajstić information content (AvgIpc) is 2.46. The van der Waals surface area contributed by atoms with Crippen molar-refractivity contribution in [1.82, 2.24) is 14.5 Å². The van der Waals surface area contributed by atoms with E-state index < -0.39 is 10.0 Å². The minimum Gasteiger partial charge on any atom is -0.334 e. The van der Waals surface area contributed by atoms with Crippen LogP contribution < -0.4 is 5.32 Å². The Hall–Kier alpha value is -0.820. The van der Waals surface area contributed by atoms with Gasteiger partial charge in [0.05, 0.1) is 6.26 Å². The van der Waals surface area contributed by atoms with Gasteiger partial charge in [0.25, 0.3) is 0 Å². The van der Waals surface area contributed by atoms with E-state index in [2.05, 4.69) is 12.2 Å². The van der Waals surface area contributed by atoms with Gasteiger partial charge < -0.3 is 10.2 Å². The fourth-order valence-electron chi connectivity index (χ4n) is 3.31. The first-order valence-corrected chi connectivity index (χ1v) is 9.79. The van der Waals surface area contributed by atoms with E-state index in [0.29, 0.717) is 19.1 Å². The summed E-state index contributed by atoms with van der Waals surface area (Å²) in [6, 6.07) is 0.232. The van der Waals surface area contributed by atoms with Gasteiger partial charge in [-0.2, -0.15) is 0 Å². The molecule has 2 amide bonds. The molecule has 0 spiro atoms. The van der Waals surface area contributed by atoms with E-state index in [9.17, 15) is 13.2 Å². The molecule has 1 N–H and O–H groups in total. The lowest BCUT2D eigenvalue weighted by molar-refractivity contribution is 0.141. The number of carbonyl (C=O) groups is 1. The fourth-order valence-corrected chi connectivity index (χ4v) is 4.22. The number of hydrogen-bond acceptors (Lipinski definition) is 3. The van der Waals surface area contributed by atoms with Crippen molar-refractivity contribution in [3.05, 3.63) is 0 Å². The van der Waals surface area contributed by atoms with E-state index in [-0.39, 0.29) is 12.1 Å². The Kier molecular flexibility index (Phi) is 5.48. The third-order valence-corrected chi connectivity index (χ3v) is 5.81. The monoisotopic (exact) mass is 317 g/mol. The Morgan fingerprint density at radius 3 is 2.62 bits per heavy atom. The molecule has 2 unspecified atom stereocenters. The quantitative estimate of drug-likeness (QED) is 0.855. The first-order valence-electron chi connectivity index (χ1n) is 7.94. The Morgan fingerprint density at radius 2 is 1.95 bits per heavy atom. The average molecular weight is 317 g/mol. The van der Waals surface area contributed by atoms with Gasteiger partial charge in [-0.1, -0.05) is 6.92 Å². The molecule has 2 saturated heterocycles. The molecular formula is C14H27N3O3S. The molecule has 2 atom stereocenters. The zero-order valence-corrected chi connectivity index (χ0v) is 13.9. The Bertz CT molecular complexity index is 466. The van der Waals surface area contributed by atoms with Crippen LogP contribution in [0.5, 0.6) is 0 Å². The Labute approximate surface area is 127 Å². The highest BCUT2D eigenvalue weighted by molar-refractivity contribution is 7.88. The normalized spacial score (nSPS) is 28.4. The van der Waals surface area contributed by atoms with Crippen molar-refractivity contribution in [1.29, 1.82) is 0 Å². The van der Waals surface area contributed by atoms with Crippen LogP contribution in [0.4, 0.5) is 4.79 Å². The molecule has 0 aliphatic carbocycles. The van der Waals surface area contributed by atoms with Crippen molar-refractivity contribution >= 4 is 16.1 Å². The van der Waals surface area contributed by atoms with Crippen LogP contribution in [0.15, 0.2) is 0 Å². The van der Waals surface area contributed by atoms with Crippen LogP contribution in [0.1, 0.15) is 45.4 Å². The lowest BCUT2D eigenvalue weighted by Crippen LogP contribution is -2.55. The fraction of sp³-hybridized carbons (Fsp3) is 0.929. The van der Waals surface area contributed by atoms with Crippen molar-refractivity contribution in [2.45, 2.75) is 57.5 Å². The summed E-state index contributed by atoms with van der Waals surface area (Å²) >= 11 is 0. The maximum Gasteiger partial charge on any atom is 0.317 e. The molecule has 2 heterocycles. The molecule has 0 saturated carbocycles. The van der Waals surface area contributed by atoms with Crippen molar-refractivity contribution in [2.24, 2.45) is 0 Å². The standard InChI is InChI=1S/C14H27N3O3S/c1-3-13-8-4-5-10-17(13)14(18)15-12-7-6-9-16(11-12)21(2,19)20/h12-13H,3-11H2,1-2H3,(H,15,18). The number of nitrogens with one attached hydrogen (secondary N) is 1. The topological polar surface area (TPSA) is 69.7 Å². The molecule has 0 aromatic heterocycles. The van der Waals surface area contributed by atoms with E-state index in [1.165, 1.54) is 17.0 Å².